The van der Waals surface area contributed by atoms with Crippen molar-refractivity contribution in [3.05, 3.63) is 65.4 Å². The molecular weight excluding hydrogens is 507 g/mol. The van der Waals surface area contributed by atoms with Gasteiger partial charge in [-0.15, -0.1) is 0 Å². The quantitative estimate of drug-likeness (QED) is 0.357. The molecule has 0 aliphatic carbocycles. The maximum absolute atomic E-state index is 14.3. The lowest BCUT2D eigenvalue weighted by Crippen LogP contribution is -2.19. The molecular formula is C22H17ClF3N5O3S. The van der Waals surface area contributed by atoms with Gasteiger partial charge in [0.2, 0.25) is 11.8 Å². The number of hydrogen-bond acceptors (Lipinski definition) is 7. The van der Waals surface area contributed by atoms with E-state index < -0.39 is 32.3 Å². The average molecular weight is 524 g/mol. The van der Waals surface area contributed by atoms with Crippen LogP contribution in [-0.2, 0) is 16.2 Å². The van der Waals surface area contributed by atoms with Crippen molar-refractivity contribution < 1.29 is 26.3 Å². The number of anilines is 2. The number of halogens is 4. The number of sulfonamides is 1. The number of rotatable bonds is 6. The number of fused-ring (bicyclic) bond motifs is 1. The number of ether oxygens (including phenoxy) is 1. The molecule has 8 nitrogen and oxygen atoms in total. The molecule has 0 radical (unpaired) electrons. The maximum Gasteiger partial charge on any atom is 0.419 e. The molecule has 13 heteroatoms. The van der Waals surface area contributed by atoms with Crippen LogP contribution in [0.2, 0.25) is 5.02 Å². The van der Waals surface area contributed by atoms with Crippen molar-refractivity contribution in [1.29, 1.82) is 0 Å². The van der Waals surface area contributed by atoms with Crippen LogP contribution in [-0.4, -0.2) is 37.5 Å². The van der Waals surface area contributed by atoms with Crippen LogP contribution in [0.4, 0.5) is 24.8 Å². The van der Waals surface area contributed by atoms with E-state index in [1.807, 2.05) is 4.72 Å². The van der Waals surface area contributed by atoms with Gasteiger partial charge in [0, 0.05) is 24.8 Å². The molecule has 35 heavy (non-hydrogen) atoms. The molecule has 0 saturated carbocycles. The second-order valence-corrected chi connectivity index (χ2v) is 9.30. The smallest absolute Gasteiger partial charge is 0.419 e. The van der Waals surface area contributed by atoms with Crippen molar-refractivity contribution in [3.63, 3.8) is 0 Å². The number of alkyl halides is 3. The first kappa shape index (κ1) is 24.5. The predicted octanol–water partition coefficient (Wildman–Crippen LogP) is 5.22. The third kappa shape index (κ3) is 4.93. The van der Waals surface area contributed by atoms with Crippen molar-refractivity contribution in [2.24, 2.45) is 0 Å². The predicted molar refractivity (Wildman–Crippen MR) is 126 cm³/mol. The second kappa shape index (κ2) is 9.19. The second-order valence-electron chi connectivity index (χ2n) is 7.21. The summed E-state index contributed by atoms with van der Waals surface area (Å²) in [6.07, 6.45) is -2.26. The van der Waals surface area contributed by atoms with Gasteiger partial charge in [0.1, 0.15) is 0 Å². The van der Waals surface area contributed by atoms with Crippen molar-refractivity contribution >= 4 is 44.2 Å². The number of methoxy groups -OCH3 is 1. The van der Waals surface area contributed by atoms with E-state index in [1.165, 1.54) is 37.6 Å². The van der Waals surface area contributed by atoms with E-state index in [1.54, 1.807) is 13.1 Å². The highest BCUT2D eigenvalue weighted by Crippen LogP contribution is 2.43. The fourth-order valence-electron chi connectivity index (χ4n) is 3.46. The monoisotopic (exact) mass is 523 g/mol. The van der Waals surface area contributed by atoms with Crippen LogP contribution in [0, 0.1) is 0 Å². The van der Waals surface area contributed by atoms with Crippen LogP contribution in [0.5, 0.6) is 5.88 Å². The van der Waals surface area contributed by atoms with Gasteiger partial charge in [-0.25, -0.2) is 23.4 Å². The Bertz CT molecular complexity index is 1530. The first-order chi connectivity index (χ1) is 16.5. The molecule has 0 saturated heterocycles. The Kier molecular flexibility index (Phi) is 6.43. The van der Waals surface area contributed by atoms with E-state index in [0.29, 0.717) is 16.9 Å². The first-order valence-electron chi connectivity index (χ1n) is 9.91. The molecule has 0 atom stereocenters. The van der Waals surface area contributed by atoms with E-state index in [0.717, 1.165) is 18.3 Å². The van der Waals surface area contributed by atoms with Crippen molar-refractivity contribution in [2.45, 2.75) is 11.1 Å². The summed E-state index contributed by atoms with van der Waals surface area (Å²) in [6.45, 7) is 0. The SMILES string of the molecule is CNc1ncc2cc(-c3cccc(NS(=O)(=O)c4cc(Cl)cnc4OC)c3C(F)(F)F)ccc2n1. The molecule has 0 aliphatic rings. The van der Waals surface area contributed by atoms with Gasteiger partial charge in [0.05, 0.1) is 28.9 Å². The van der Waals surface area contributed by atoms with Gasteiger partial charge in [0.15, 0.2) is 4.90 Å². The van der Waals surface area contributed by atoms with E-state index >= 15 is 0 Å². The molecule has 0 fully saturated rings. The molecule has 4 rings (SSSR count). The van der Waals surface area contributed by atoms with Crippen LogP contribution in [0.15, 0.2) is 59.8 Å². The highest BCUT2D eigenvalue weighted by Gasteiger charge is 2.38. The standard InChI is InChI=1S/C22H17ClF3N5O3S/c1-27-21-29-10-13-8-12(6-7-16(13)30-21)15-4-3-5-17(19(15)22(24,25)26)31-35(32,33)18-9-14(23)11-28-20(18)34-2/h3-11,31H,1-2H3,(H,27,29,30). The van der Waals surface area contributed by atoms with E-state index in [9.17, 15) is 21.6 Å². The van der Waals surface area contributed by atoms with Gasteiger partial charge in [-0.1, -0.05) is 29.8 Å². The van der Waals surface area contributed by atoms with Gasteiger partial charge >= 0.3 is 6.18 Å². The summed E-state index contributed by atoms with van der Waals surface area (Å²) in [5, 5.41) is 3.27. The number of aromatic nitrogens is 3. The fourth-order valence-corrected chi connectivity index (χ4v) is 4.90. The van der Waals surface area contributed by atoms with Crippen LogP contribution in [0.1, 0.15) is 5.56 Å². The Labute approximate surface area is 203 Å². The number of benzene rings is 2. The van der Waals surface area contributed by atoms with Gasteiger partial charge in [-0.3, -0.25) is 4.72 Å². The summed E-state index contributed by atoms with van der Waals surface area (Å²) in [6, 6.07) is 9.18. The number of nitrogens with zero attached hydrogens (tertiary/aromatic N) is 3. The number of nitrogens with one attached hydrogen (secondary N) is 2. The molecule has 0 unspecified atom stereocenters. The Balaban J connectivity index is 1.85. The van der Waals surface area contributed by atoms with E-state index in [2.05, 4.69) is 20.3 Å². The van der Waals surface area contributed by atoms with E-state index in [-0.39, 0.29) is 22.0 Å². The van der Waals surface area contributed by atoms with Gasteiger partial charge < -0.3 is 10.1 Å². The maximum atomic E-state index is 14.3. The fraction of sp³-hybridized carbons (Fsp3) is 0.136. The molecule has 2 N–H and O–H groups in total. The highest BCUT2D eigenvalue weighted by atomic mass is 35.5. The lowest BCUT2D eigenvalue weighted by Gasteiger charge is -2.19. The Hall–Kier alpha value is -3.64. The van der Waals surface area contributed by atoms with E-state index in [4.69, 9.17) is 16.3 Å². The molecule has 0 spiro atoms. The zero-order valence-electron chi connectivity index (χ0n) is 18.2. The highest BCUT2D eigenvalue weighted by molar-refractivity contribution is 7.92. The zero-order valence-corrected chi connectivity index (χ0v) is 19.8. The van der Waals surface area contributed by atoms with Crippen LogP contribution in [0.25, 0.3) is 22.0 Å². The van der Waals surface area contributed by atoms with Gasteiger partial charge in [-0.2, -0.15) is 13.2 Å². The minimum Gasteiger partial charge on any atom is -0.480 e. The Morgan fingerprint density at radius 2 is 1.83 bits per heavy atom. The average Bonchev–Trinajstić information content (AvgIpc) is 2.82. The number of pyridine rings is 1. The summed E-state index contributed by atoms with van der Waals surface area (Å²) >= 11 is 5.85. The zero-order chi connectivity index (χ0) is 25.4. The minimum atomic E-state index is -4.90. The lowest BCUT2D eigenvalue weighted by atomic mass is 9.97. The summed E-state index contributed by atoms with van der Waals surface area (Å²) in [4.78, 5) is 11.6. The summed E-state index contributed by atoms with van der Waals surface area (Å²) in [5.74, 6) is 0.0469. The van der Waals surface area contributed by atoms with Gasteiger partial charge in [-0.05, 0) is 35.4 Å². The number of hydrogen-bond donors (Lipinski definition) is 2. The third-order valence-corrected chi connectivity index (χ3v) is 6.54. The molecule has 0 amide bonds. The van der Waals surface area contributed by atoms with Crippen molar-refractivity contribution in [2.75, 3.05) is 24.2 Å². The normalized spacial score (nSPS) is 11.9. The first-order valence-corrected chi connectivity index (χ1v) is 11.8. The molecule has 182 valence electrons. The topological polar surface area (TPSA) is 106 Å². The van der Waals surface area contributed by atoms with Crippen LogP contribution >= 0.6 is 11.6 Å². The summed E-state index contributed by atoms with van der Waals surface area (Å²) in [5.41, 5.74) is -1.33. The largest absolute Gasteiger partial charge is 0.480 e. The Morgan fingerprint density at radius 3 is 2.51 bits per heavy atom. The summed E-state index contributed by atoms with van der Waals surface area (Å²) < 4.78 is 75.8. The van der Waals surface area contributed by atoms with Crippen molar-refractivity contribution in [1.82, 2.24) is 15.0 Å². The lowest BCUT2D eigenvalue weighted by molar-refractivity contribution is -0.136. The molecule has 4 aromatic rings. The molecule has 0 bridgehead atoms. The summed E-state index contributed by atoms with van der Waals surface area (Å²) in [7, 11) is -1.73. The third-order valence-electron chi connectivity index (χ3n) is 4.97. The minimum absolute atomic E-state index is 0.0317. The molecule has 2 aromatic heterocycles. The Morgan fingerprint density at radius 1 is 1.06 bits per heavy atom. The van der Waals surface area contributed by atoms with Crippen LogP contribution < -0.4 is 14.8 Å². The molecule has 2 heterocycles. The van der Waals surface area contributed by atoms with Crippen LogP contribution in [0.3, 0.4) is 0 Å². The molecule has 2 aromatic carbocycles. The molecule has 0 aliphatic heterocycles. The van der Waals surface area contributed by atoms with Gasteiger partial charge in [0.25, 0.3) is 10.0 Å². The van der Waals surface area contributed by atoms with Crippen molar-refractivity contribution in [3.8, 4) is 17.0 Å².